The molecule has 12 aromatic rings. The zero-order valence-corrected chi connectivity index (χ0v) is 29.9. The van der Waals surface area contributed by atoms with E-state index in [1.807, 2.05) is 36.4 Å². The smallest absolute Gasteiger partial charge is 0.164 e. The molecule has 3 aromatic heterocycles. The Labute approximate surface area is 320 Å². The average molecular weight is 716 g/mol. The van der Waals surface area contributed by atoms with Crippen molar-refractivity contribution in [1.82, 2.24) is 15.0 Å². The molecule has 0 bridgehead atoms. The Kier molecular flexibility index (Phi) is 6.56. The van der Waals surface area contributed by atoms with Gasteiger partial charge in [-0.05, 0) is 80.3 Å². The van der Waals surface area contributed by atoms with Crippen LogP contribution in [0.2, 0.25) is 0 Å². The second kappa shape index (κ2) is 11.9. The number of para-hydroxylation sites is 2. The highest BCUT2D eigenvalue weighted by atomic mass is 16.3. The molecule has 5 nitrogen and oxygen atoms in total. The molecule has 0 fully saturated rings. The predicted molar refractivity (Wildman–Crippen MR) is 229 cm³/mol. The summed E-state index contributed by atoms with van der Waals surface area (Å²) in [5.41, 5.74) is 7.99. The van der Waals surface area contributed by atoms with Crippen molar-refractivity contribution in [2.45, 2.75) is 0 Å². The quantitative estimate of drug-likeness (QED) is 0.170. The molecule has 0 amide bonds. The maximum atomic E-state index is 6.80. The monoisotopic (exact) mass is 715 g/mol. The lowest BCUT2D eigenvalue weighted by molar-refractivity contribution is 0.668. The summed E-state index contributed by atoms with van der Waals surface area (Å²) in [7, 11) is 0. The molecule has 3 heterocycles. The Morgan fingerprint density at radius 1 is 0.304 bits per heavy atom. The first-order valence-corrected chi connectivity index (χ1v) is 18.8. The van der Waals surface area contributed by atoms with Gasteiger partial charge in [-0.15, -0.1) is 0 Å². The third-order valence-corrected chi connectivity index (χ3v) is 11.1. The average Bonchev–Trinajstić information content (AvgIpc) is 3.85. The summed E-state index contributed by atoms with van der Waals surface area (Å²) in [4.78, 5) is 15.7. The summed E-state index contributed by atoms with van der Waals surface area (Å²) in [5.74, 6) is 1.79. The van der Waals surface area contributed by atoms with E-state index in [2.05, 4.69) is 140 Å². The van der Waals surface area contributed by atoms with Gasteiger partial charge < -0.3 is 8.83 Å². The molecule has 0 saturated carbocycles. The lowest BCUT2D eigenvalue weighted by Crippen LogP contribution is -2.01. The first-order valence-electron chi connectivity index (χ1n) is 18.8. The fourth-order valence-corrected chi connectivity index (χ4v) is 8.46. The lowest BCUT2D eigenvalue weighted by atomic mass is 9.95. The Balaban J connectivity index is 1.12. The van der Waals surface area contributed by atoms with Crippen LogP contribution in [-0.4, -0.2) is 15.0 Å². The van der Waals surface area contributed by atoms with Crippen LogP contribution in [0.4, 0.5) is 0 Å². The van der Waals surface area contributed by atoms with Crippen molar-refractivity contribution in [2.24, 2.45) is 0 Å². The molecule has 0 aliphatic carbocycles. The number of rotatable bonds is 4. The number of hydrogen-bond acceptors (Lipinski definition) is 5. The van der Waals surface area contributed by atoms with Gasteiger partial charge in [0.05, 0.1) is 0 Å². The number of nitrogens with zero attached hydrogens (tertiary/aromatic N) is 3. The van der Waals surface area contributed by atoms with E-state index in [1.54, 1.807) is 0 Å². The zero-order valence-electron chi connectivity index (χ0n) is 29.9. The predicted octanol–water partition coefficient (Wildman–Crippen LogP) is 13.8. The summed E-state index contributed by atoms with van der Waals surface area (Å²) in [5, 5.41) is 11.1. The highest BCUT2D eigenvalue weighted by Crippen LogP contribution is 2.45. The van der Waals surface area contributed by atoms with Crippen LogP contribution < -0.4 is 0 Å². The molecule has 0 saturated heterocycles. The van der Waals surface area contributed by atoms with E-state index in [0.29, 0.717) is 17.5 Å². The standard InChI is InChI=1S/C51H29N3O2/c1-2-12-32-28-34(23-20-30(32)10-1)49-52-50(35-24-25-37-33(29-35)22-21-31-11-3-4-13-36(31)37)54-51(53-49)42-27-26-39(48-47(42)41-15-6-8-18-44(41)56-48)38-16-9-19-45-46(38)40-14-5-7-17-43(40)55-45/h1-29H. The van der Waals surface area contributed by atoms with Crippen LogP contribution in [-0.2, 0) is 0 Å². The Bertz CT molecular complexity index is 3560. The molecule has 12 rings (SSSR count). The molecule has 0 radical (unpaired) electrons. The van der Waals surface area contributed by atoms with Gasteiger partial charge >= 0.3 is 0 Å². The Morgan fingerprint density at radius 2 is 0.857 bits per heavy atom. The maximum absolute atomic E-state index is 6.80. The molecular formula is C51H29N3O2. The first-order chi connectivity index (χ1) is 27.7. The minimum Gasteiger partial charge on any atom is -0.456 e. The fraction of sp³-hybridized carbons (Fsp3) is 0. The van der Waals surface area contributed by atoms with Crippen LogP contribution in [0.15, 0.2) is 185 Å². The maximum Gasteiger partial charge on any atom is 0.164 e. The van der Waals surface area contributed by atoms with Crippen molar-refractivity contribution >= 4 is 76.2 Å². The molecule has 56 heavy (non-hydrogen) atoms. The summed E-state index contributed by atoms with van der Waals surface area (Å²) in [6, 6.07) is 61.0. The van der Waals surface area contributed by atoms with Crippen LogP contribution in [0, 0.1) is 0 Å². The highest BCUT2D eigenvalue weighted by molar-refractivity contribution is 6.20. The second-order valence-electron chi connectivity index (χ2n) is 14.3. The summed E-state index contributed by atoms with van der Waals surface area (Å²) >= 11 is 0. The van der Waals surface area contributed by atoms with E-state index in [9.17, 15) is 0 Å². The van der Waals surface area contributed by atoms with Crippen LogP contribution in [0.25, 0.3) is 121 Å². The summed E-state index contributed by atoms with van der Waals surface area (Å²) in [6.07, 6.45) is 0. The van der Waals surface area contributed by atoms with Gasteiger partial charge in [0.25, 0.3) is 0 Å². The molecule has 9 aromatic carbocycles. The SMILES string of the molecule is c1ccc2cc(-c3nc(-c4ccc5c(ccc6ccccc65)c4)nc(-c4ccc(-c5cccc6oc7ccccc7c56)c5oc6ccccc6c45)n3)ccc2c1. The highest BCUT2D eigenvalue weighted by Gasteiger charge is 2.23. The molecule has 5 heteroatoms. The molecule has 0 N–H and O–H groups in total. The van der Waals surface area contributed by atoms with Gasteiger partial charge in [0, 0.05) is 43.8 Å². The first kappa shape index (κ1) is 30.8. The normalized spacial score (nSPS) is 11.9. The Morgan fingerprint density at radius 3 is 1.68 bits per heavy atom. The molecule has 0 spiro atoms. The Hall–Kier alpha value is -7.63. The third-order valence-electron chi connectivity index (χ3n) is 11.1. The molecule has 0 atom stereocenters. The van der Waals surface area contributed by atoms with Crippen LogP contribution >= 0.6 is 0 Å². The van der Waals surface area contributed by atoms with Crippen LogP contribution in [0.1, 0.15) is 0 Å². The van der Waals surface area contributed by atoms with Crippen molar-refractivity contribution in [2.75, 3.05) is 0 Å². The third kappa shape index (κ3) is 4.71. The van der Waals surface area contributed by atoms with Crippen molar-refractivity contribution in [1.29, 1.82) is 0 Å². The van der Waals surface area contributed by atoms with Gasteiger partial charge in [-0.2, -0.15) is 0 Å². The topological polar surface area (TPSA) is 65.0 Å². The van der Waals surface area contributed by atoms with Gasteiger partial charge in [-0.25, -0.2) is 15.0 Å². The van der Waals surface area contributed by atoms with E-state index in [4.69, 9.17) is 23.8 Å². The van der Waals surface area contributed by atoms with E-state index in [1.165, 1.54) is 16.2 Å². The minimum atomic E-state index is 0.576. The molecule has 0 aliphatic heterocycles. The zero-order chi connectivity index (χ0) is 36.7. The minimum absolute atomic E-state index is 0.576. The van der Waals surface area contributed by atoms with E-state index >= 15 is 0 Å². The number of fused-ring (bicyclic) bond motifs is 10. The number of furan rings is 2. The van der Waals surface area contributed by atoms with E-state index in [0.717, 1.165) is 87.9 Å². The van der Waals surface area contributed by atoms with E-state index < -0.39 is 0 Å². The number of hydrogen-bond donors (Lipinski definition) is 0. The van der Waals surface area contributed by atoms with Gasteiger partial charge in [0.15, 0.2) is 17.5 Å². The summed E-state index contributed by atoms with van der Waals surface area (Å²) < 4.78 is 13.1. The van der Waals surface area contributed by atoms with E-state index in [-0.39, 0.29) is 0 Å². The summed E-state index contributed by atoms with van der Waals surface area (Å²) in [6.45, 7) is 0. The lowest BCUT2D eigenvalue weighted by Gasteiger charge is -2.12. The molecular weight excluding hydrogens is 687 g/mol. The van der Waals surface area contributed by atoms with Gasteiger partial charge in [0.2, 0.25) is 0 Å². The van der Waals surface area contributed by atoms with Crippen molar-refractivity contribution < 1.29 is 8.83 Å². The van der Waals surface area contributed by atoms with Crippen LogP contribution in [0.3, 0.4) is 0 Å². The van der Waals surface area contributed by atoms with Crippen molar-refractivity contribution in [3.8, 4) is 45.3 Å². The molecule has 260 valence electrons. The molecule has 0 unspecified atom stereocenters. The number of benzene rings is 9. The largest absolute Gasteiger partial charge is 0.456 e. The van der Waals surface area contributed by atoms with Crippen LogP contribution in [0.5, 0.6) is 0 Å². The molecule has 0 aliphatic rings. The number of aromatic nitrogens is 3. The van der Waals surface area contributed by atoms with Crippen molar-refractivity contribution in [3.05, 3.63) is 176 Å². The second-order valence-corrected chi connectivity index (χ2v) is 14.3. The van der Waals surface area contributed by atoms with Gasteiger partial charge in [-0.1, -0.05) is 133 Å². The van der Waals surface area contributed by atoms with Crippen molar-refractivity contribution in [3.63, 3.8) is 0 Å². The van der Waals surface area contributed by atoms with Gasteiger partial charge in [0.1, 0.15) is 22.3 Å². The fourth-order valence-electron chi connectivity index (χ4n) is 8.46. The van der Waals surface area contributed by atoms with Gasteiger partial charge in [-0.3, -0.25) is 0 Å².